The maximum Gasteiger partial charge on any atom is 0.377 e. The molecular formula is C15H32BNO3Si. The van der Waals surface area contributed by atoms with Crippen LogP contribution in [0.1, 0.15) is 47.0 Å². The smallest absolute Gasteiger partial charge is 0.377 e. The first-order valence-electron chi connectivity index (χ1n) is 8.08. The normalized spacial score (nSPS) is 27.9. The molecule has 0 aliphatic carbocycles. The summed E-state index contributed by atoms with van der Waals surface area (Å²) in [6, 6.07) is 0. The van der Waals surface area contributed by atoms with Crippen LogP contribution in [0.5, 0.6) is 0 Å². The molecule has 1 N–H and O–H groups in total. The lowest BCUT2D eigenvalue weighted by Gasteiger charge is -2.38. The zero-order valence-electron chi connectivity index (χ0n) is 14.8. The van der Waals surface area contributed by atoms with E-state index in [1.54, 1.807) is 6.82 Å². The van der Waals surface area contributed by atoms with Gasteiger partial charge in [-0.15, -0.1) is 0 Å². The molecule has 0 saturated carbocycles. The summed E-state index contributed by atoms with van der Waals surface area (Å²) < 4.78 is 6.47. The zero-order valence-corrected chi connectivity index (χ0v) is 15.8. The van der Waals surface area contributed by atoms with E-state index in [1.165, 1.54) is 0 Å². The topological polar surface area (TPSA) is 49.8 Å². The van der Waals surface area contributed by atoms with Gasteiger partial charge in [0, 0.05) is 6.54 Å². The van der Waals surface area contributed by atoms with Crippen LogP contribution in [0.2, 0.25) is 25.0 Å². The number of nitrogens with zero attached hydrogens (tertiary/aromatic N) is 1. The molecule has 0 spiro atoms. The highest BCUT2D eigenvalue weighted by molar-refractivity contribution is 6.74. The van der Waals surface area contributed by atoms with Crippen LogP contribution in [0.4, 0.5) is 0 Å². The fraction of sp³-hybridized carbons (Fsp3) is 0.933. The minimum absolute atomic E-state index is 0.0391. The standard InChI is InChI=1S/C15H32BNO3Si/c1-8-9-15(12-18)10-13(11-17(15)16(5)19)20-21(6,7)14(2,3)4/h12-13,19H,8-11H2,1-7H3/t13-,15?/m1/s1. The van der Waals surface area contributed by atoms with Crippen molar-refractivity contribution >= 4 is 21.7 Å². The number of aldehydes is 1. The lowest BCUT2D eigenvalue weighted by Crippen LogP contribution is -2.52. The molecule has 1 saturated heterocycles. The molecule has 0 aromatic rings. The quantitative estimate of drug-likeness (QED) is 0.605. The van der Waals surface area contributed by atoms with Crippen molar-refractivity contribution in [1.29, 1.82) is 0 Å². The van der Waals surface area contributed by atoms with Crippen LogP contribution in [0.15, 0.2) is 0 Å². The largest absolute Gasteiger partial charge is 0.437 e. The summed E-state index contributed by atoms with van der Waals surface area (Å²) in [4.78, 5) is 13.7. The van der Waals surface area contributed by atoms with Crippen LogP contribution in [0, 0.1) is 0 Å². The van der Waals surface area contributed by atoms with Gasteiger partial charge in [-0.1, -0.05) is 34.1 Å². The third-order valence-corrected chi connectivity index (χ3v) is 9.71. The molecule has 2 atom stereocenters. The Morgan fingerprint density at radius 2 is 2.05 bits per heavy atom. The van der Waals surface area contributed by atoms with Crippen molar-refractivity contribution in [3.05, 3.63) is 0 Å². The van der Waals surface area contributed by atoms with Crippen LogP contribution in [-0.4, -0.2) is 49.7 Å². The van der Waals surface area contributed by atoms with Crippen molar-refractivity contribution in [2.45, 2.75) is 83.6 Å². The summed E-state index contributed by atoms with van der Waals surface area (Å²) in [5, 5.41) is 10.2. The average molecular weight is 313 g/mol. The summed E-state index contributed by atoms with van der Waals surface area (Å²) in [5.41, 5.74) is -0.560. The van der Waals surface area contributed by atoms with E-state index >= 15 is 0 Å². The predicted octanol–water partition coefficient (Wildman–Crippen LogP) is 2.93. The Bertz CT molecular complexity index is 370. The van der Waals surface area contributed by atoms with Gasteiger partial charge in [-0.3, -0.25) is 0 Å². The molecule has 122 valence electrons. The lowest BCUT2D eigenvalue weighted by molar-refractivity contribution is -0.115. The van der Waals surface area contributed by atoms with Crippen molar-refractivity contribution in [3.8, 4) is 0 Å². The minimum Gasteiger partial charge on any atom is -0.437 e. The first-order valence-corrected chi connectivity index (χ1v) is 11.0. The number of carbonyl (C=O) groups excluding carboxylic acids is 1. The average Bonchev–Trinajstić information content (AvgIpc) is 2.67. The van der Waals surface area contributed by atoms with Gasteiger partial charge in [0.25, 0.3) is 0 Å². The first kappa shape index (κ1) is 18.9. The van der Waals surface area contributed by atoms with Gasteiger partial charge in [0.15, 0.2) is 8.32 Å². The fourth-order valence-corrected chi connectivity index (χ4v) is 4.37. The lowest BCUT2D eigenvalue weighted by atomic mass is 9.78. The third-order valence-electron chi connectivity index (χ3n) is 5.17. The SMILES string of the molecule is CCCC1(C=O)C[C@@H](O[Si](C)(C)C(C)(C)C)CN1B(C)O. The Morgan fingerprint density at radius 1 is 1.48 bits per heavy atom. The van der Waals surface area contributed by atoms with E-state index in [0.717, 1.165) is 19.1 Å². The Kier molecular flexibility index (Phi) is 5.87. The van der Waals surface area contributed by atoms with Gasteiger partial charge in [0.1, 0.15) is 6.29 Å². The summed E-state index contributed by atoms with van der Waals surface area (Å²) in [6.45, 7) is 15.6. The van der Waals surface area contributed by atoms with Crippen LogP contribution in [0.25, 0.3) is 0 Å². The Hall–Kier alpha value is -0.168. The number of hydrogen-bond donors (Lipinski definition) is 1. The van der Waals surface area contributed by atoms with Gasteiger partial charge in [0.2, 0.25) is 0 Å². The molecule has 0 radical (unpaired) electrons. The predicted molar refractivity (Wildman–Crippen MR) is 90.9 cm³/mol. The van der Waals surface area contributed by atoms with E-state index in [1.807, 2.05) is 4.81 Å². The minimum atomic E-state index is -1.86. The number of rotatable bonds is 6. The molecule has 1 unspecified atom stereocenters. The van der Waals surface area contributed by atoms with Gasteiger partial charge < -0.3 is 19.1 Å². The molecule has 1 heterocycles. The molecule has 4 nitrogen and oxygen atoms in total. The fourth-order valence-electron chi connectivity index (χ4n) is 3.03. The van der Waals surface area contributed by atoms with Crippen molar-refractivity contribution in [1.82, 2.24) is 4.81 Å². The summed E-state index contributed by atoms with van der Waals surface area (Å²) in [6.07, 6.45) is 3.46. The van der Waals surface area contributed by atoms with E-state index in [0.29, 0.717) is 13.0 Å². The molecule has 0 aromatic heterocycles. The molecular weight excluding hydrogens is 281 g/mol. The molecule has 1 aliphatic heterocycles. The Balaban J connectivity index is 2.93. The maximum atomic E-state index is 11.7. The molecule has 1 aliphatic rings. The summed E-state index contributed by atoms with van der Waals surface area (Å²) >= 11 is 0. The molecule has 0 bridgehead atoms. The van der Waals surface area contributed by atoms with Gasteiger partial charge in [-0.05, 0) is 37.8 Å². The van der Waals surface area contributed by atoms with Crippen LogP contribution in [0.3, 0.4) is 0 Å². The van der Waals surface area contributed by atoms with Gasteiger partial charge in [-0.25, -0.2) is 0 Å². The van der Waals surface area contributed by atoms with E-state index in [9.17, 15) is 9.82 Å². The van der Waals surface area contributed by atoms with Crippen molar-refractivity contribution in [3.63, 3.8) is 0 Å². The second-order valence-corrected chi connectivity index (χ2v) is 12.7. The molecule has 0 amide bonds. The molecule has 6 heteroatoms. The van der Waals surface area contributed by atoms with Crippen LogP contribution < -0.4 is 0 Å². The first-order chi connectivity index (χ1) is 9.49. The number of hydrogen-bond acceptors (Lipinski definition) is 4. The maximum absolute atomic E-state index is 11.7. The van der Waals surface area contributed by atoms with E-state index < -0.39 is 20.9 Å². The second kappa shape index (κ2) is 6.52. The molecule has 1 rings (SSSR count). The van der Waals surface area contributed by atoms with Crippen LogP contribution >= 0.6 is 0 Å². The van der Waals surface area contributed by atoms with Crippen molar-refractivity contribution in [2.24, 2.45) is 0 Å². The summed E-state index contributed by atoms with van der Waals surface area (Å²) in [7, 11) is -2.47. The van der Waals surface area contributed by atoms with E-state index in [-0.39, 0.29) is 11.1 Å². The molecule has 21 heavy (non-hydrogen) atoms. The van der Waals surface area contributed by atoms with Crippen molar-refractivity contribution in [2.75, 3.05) is 6.54 Å². The van der Waals surface area contributed by atoms with E-state index in [4.69, 9.17) is 4.43 Å². The summed E-state index contributed by atoms with van der Waals surface area (Å²) in [5.74, 6) is 0. The van der Waals surface area contributed by atoms with Gasteiger partial charge in [-0.2, -0.15) is 0 Å². The zero-order chi connectivity index (χ0) is 16.5. The van der Waals surface area contributed by atoms with Gasteiger partial charge >= 0.3 is 7.05 Å². The third kappa shape index (κ3) is 3.97. The highest BCUT2D eigenvalue weighted by Crippen LogP contribution is 2.41. The number of carbonyl (C=O) groups is 1. The Labute approximate surface area is 131 Å². The molecule has 1 fully saturated rings. The van der Waals surface area contributed by atoms with Crippen LogP contribution in [-0.2, 0) is 9.22 Å². The highest BCUT2D eigenvalue weighted by atomic mass is 28.4. The Morgan fingerprint density at radius 3 is 2.43 bits per heavy atom. The van der Waals surface area contributed by atoms with Gasteiger partial charge in [0.05, 0.1) is 11.6 Å². The monoisotopic (exact) mass is 313 g/mol. The van der Waals surface area contributed by atoms with Crippen molar-refractivity contribution < 1.29 is 14.2 Å². The highest BCUT2D eigenvalue weighted by Gasteiger charge is 2.50. The van der Waals surface area contributed by atoms with E-state index in [2.05, 4.69) is 40.8 Å². The second-order valence-electron chi connectivity index (χ2n) is 7.96. The molecule has 0 aromatic carbocycles.